The fourth-order valence-electron chi connectivity index (χ4n) is 2.15. The highest BCUT2D eigenvalue weighted by molar-refractivity contribution is 7.14. The highest BCUT2D eigenvalue weighted by Crippen LogP contribution is 2.31. The first-order valence-electron chi connectivity index (χ1n) is 7.17. The Kier molecular flexibility index (Phi) is 4.47. The molecule has 0 atom stereocenters. The molecule has 0 saturated carbocycles. The summed E-state index contributed by atoms with van der Waals surface area (Å²) in [5, 5.41) is 10.3. The number of hydrogen-bond acceptors (Lipinski definition) is 3. The largest absolute Gasteiger partial charge is 0.477 e. The fraction of sp³-hybridized carbons (Fsp3) is 0.412. The van der Waals surface area contributed by atoms with Crippen LogP contribution >= 0.6 is 11.3 Å². The highest BCUT2D eigenvalue weighted by atomic mass is 32.1. The third-order valence-corrected chi connectivity index (χ3v) is 4.46. The molecule has 0 fully saturated rings. The van der Waals surface area contributed by atoms with Crippen LogP contribution in [0.2, 0.25) is 0 Å². The lowest BCUT2D eigenvalue weighted by Gasteiger charge is -2.19. The van der Waals surface area contributed by atoms with Crippen molar-refractivity contribution in [2.45, 2.75) is 46.0 Å². The van der Waals surface area contributed by atoms with Crippen LogP contribution in [0, 0.1) is 0 Å². The standard InChI is InChI=1S/C17H21NO2S/c1-5-6-13-18-14(15(21-13)16(19)20)11-7-9-12(10-8-11)17(2,3)4/h7-10H,5-6H2,1-4H3,(H,19,20). The van der Waals surface area contributed by atoms with Crippen molar-refractivity contribution >= 4 is 17.3 Å². The molecule has 1 aromatic heterocycles. The summed E-state index contributed by atoms with van der Waals surface area (Å²) in [7, 11) is 0. The van der Waals surface area contributed by atoms with Gasteiger partial charge in [-0.1, -0.05) is 52.0 Å². The molecule has 2 rings (SSSR count). The van der Waals surface area contributed by atoms with Gasteiger partial charge in [-0.2, -0.15) is 0 Å². The van der Waals surface area contributed by atoms with Crippen LogP contribution in [-0.4, -0.2) is 16.1 Å². The first-order valence-corrected chi connectivity index (χ1v) is 7.98. The van der Waals surface area contributed by atoms with E-state index >= 15 is 0 Å². The van der Waals surface area contributed by atoms with E-state index in [-0.39, 0.29) is 5.41 Å². The molecule has 0 radical (unpaired) electrons. The fourth-order valence-corrected chi connectivity index (χ4v) is 3.18. The van der Waals surface area contributed by atoms with Crippen molar-refractivity contribution in [3.8, 4) is 11.3 Å². The van der Waals surface area contributed by atoms with Gasteiger partial charge in [0.2, 0.25) is 0 Å². The van der Waals surface area contributed by atoms with Crippen LogP contribution in [0.5, 0.6) is 0 Å². The molecule has 1 heterocycles. The van der Waals surface area contributed by atoms with Crippen LogP contribution in [-0.2, 0) is 11.8 Å². The maximum absolute atomic E-state index is 11.4. The summed E-state index contributed by atoms with van der Waals surface area (Å²) < 4.78 is 0. The summed E-state index contributed by atoms with van der Waals surface area (Å²) in [6.07, 6.45) is 1.79. The molecule has 1 N–H and O–H groups in total. The number of benzene rings is 1. The Morgan fingerprint density at radius 2 is 1.86 bits per heavy atom. The molecule has 0 aliphatic carbocycles. The second kappa shape index (κ2) is 5.98. The molecular formula is C17H21NO2S. The van der Waals surface area contributed by atoms with Gasteiger partial charge in [-0.25, -0.2) is 9.78 Å². The Morgan fingerprint density at radius 1 is 1.24 bits per heavy atom. The number of carboxylic acid groups (broad SMARTS) is 1. The molecular weight excluding hydrogens is 282 g/mol. The minimum Gasteiger partial charge on any atom is -0.477 e. The van der Waals surface area contributed by atoms with E-state index in [9.17, 15) is 9.90 Å². The van der Waals surface area contributed by atoms with Crippen LogP contribution in [0.3, 0.4) is 0 Å². The number of rotatable bonds is 4. The molecule has 4 heteroatoms. The topological polar surface area (TPSA) is 50.2 Å². The first kappa shape index (κ1) is 15.7. The van der Waals surface area contributed by atoms with E-state index in [4.69, 9.17) is 0 Å². The van der Waals surface area contributed by atoms with Crippen LogP contribution < -0.4 is 0 Å². The molecule has 0 amide bonds. The van der Waals surface area contributed by atoms with Crippen molar-refractivity contribution in [3.63, 3.8) is 0 Å². The normalized spacial score (nSPS) is 11.6. The van der Waals surface area contributed by atoms with Crippen molar-refractivity contribution in [1.29, 1.82) is 0 Å². The van der Waals surface area contributed by atoms with Gasteiger partial charge in [0.15, 0.2) is 0 Å². The van der Waals surface area contributed by atoms with E-state index in [1.807, 2.05) is 12.1 Å². The molecule has 0 bridgehead atoms. The molecule has 0 spiro atoms. The molecule has 3 nitrogen and oxygen atoms in total. The summed E-state index contributed by atoms with van der Waals surface area (Å²) in [5.41, 5.74) is 2.78. The zero-order valence-electron chi connectivity index (χ0n) is 12.9. The van der Waals surface area contributed by atoms with Crippen LogP contribution in [0.4, 0.5) is 0 Å². The molecule has 0 saturated heterocycles. The second-order valence-electron chi connectivity index (χ2n) is 6.17. The van der Waals surface area contributed by atoms with E-state index in [0.29, 0.717) is 10.6 Å². The summed E-state index contributed by atoms with van der Waals surface area (Å²) in [6, 6.07) is 8.05. The molecule has 21 heavy (non-hydrogen) atoms. The SMILES string of the molecule is CCCc1nc(-c2ccc(C(C)(C)C)cc2)c(C(=O)O)s1. The first-order chi connectivity index (χ1) is 9.82. The number of thiazole rings is 1. The Bertz CT molecular complexity index is 636. The lowest BCUT2D eigenvalue weighted by molar-refractivity contribution is 0.0702. The summed E-state index contributed by atoms with van der Waals surface area (Å²) in [6.45, 7) is 8.55. The molecule has 0 unspecified atom stereocenters. The maximum atomic E-state index is 11.4. The van der Waals surface area contributed by atoms with E-state index in [1.165, 1.54) is 16.9 Å². The lowest BCUT2D eigenvalue weighted by Crippen LogP contribution is -2.10. The van der Waals surface area contributed by atoms with Gasteiger partial charge >= 0.3 is 5.97 Å². The second-order valence-corrected chi connectivity index (χ2v) is 7.25. The van der Waals surface area contributed by atoms with Gasteiger partial charge in [-0.3, -0.25) is 0 Å². The number of nitrogens with zero attached hydrogens (tertiary/aromatic N) is 1. The molecule has 0 aliphatic rings. The van der Waals surface area contributed by atoms with Gasteiger partial charge in [0.25, 0.3) is 0 Å². The molecule has 2 aromatic rings. The average Bonchev–Trinajstić information content (AvgIpc) is 2.82. The average molecular weight is 303 g/mol. The Morgan fingerprint density at radius 3 is 2.33 bits per heavy atom. The van der Waals surface area contributed by atoms with Crippen molar-refractivity contribution in [2.24, 2.45) is 0 Å². The van der Waals surface area contributed by atoms with E-state index in [2.05, 4.69) is 44.8 Å². The minimum absolute atomic E-state index is 0.0869. The van der Waals surface area contributed by atoms with Crippen LogP contribution in [0.15, 0.2) is 24.3 Å². The third kappa shape index (κ3) is 3.50. The van der Waals surface area contributed by atoms with Crippen molar-refractivity contribution in [1.82, 2.24) is 4.98 Å². The lowest BCUT2D eigenvalue weighted by atomic mass is 9.86. The highest BCUT2D eigenvalue weighted by Gasteiger charge is 2.19. The number of carbonyl (C=O) groups is 1. The van der Waals surface area contributed by atoms with E-state index in [0.717, 1.165) is 23.4 Å². The van der Waals surface area contributed by atoms with Gasteiger partial charge in [0.1, 0.15) is 4.88 Å². The van der Waals surface area contributed by atoms with Gasteiger partial charge in [0.05, 0.1) is 10.7 Å². The van der Waals surface area contributed by atoms with E-state index in [1.54, 1.807) is 0 Å². The molecule has 0 aliphatic heterocycles. The summed E-state index contributed by atoms with van der Waals surface area (Å²) in [5.74, 6) is -0.898. The minimum atomic E-state index is -0.898. The molecule has 112 valence electrons. The number of hydrogen-bond donors (Lipinski definition) is 1. The summed E-state index contributed by atoms with van der Waals surface area (Å²) in [4.78, 5) is 16.3. The Labute approximate surface area is 129 Å². The molecule has 1 aromatic carbocycles. The number of aromatic carboxylic acids is 1. The summed E-state index contributed by atoms with van der Waals surface area (Å²) >= 11 is 1.29. The Balaban J connectivity index is 2.43. The predicted molar refractivity (Wildman–Crippen MR) is 87.2 cm³/mol. The predicted octanol–water partition coefficient (Wildman–Crippen LogP) is 4.76. The van der Waals surface area contributed by atoms with Crippen LogP contribution in [0.1, 0.15) is 54.4 Å². The van der Waals surface area contributed by atoms with Gasteiger partial charge in [-0.15, -0.1) is 11.3 Å². The van der Waals surface area contributed by atoms with Gasteiger partial charge < -0.3 is 5.11 Å². The quantitative estimate of drug-likeness (QED) is 0.886. The zero-order chi connectivity index (χ0) is 15.6. The number of carboxylic acids is 1. The maximum Gasteiger partial charge on any atom is 0.348 e. The zero-order valence-corrected chi connectivity index (χ0v) is 13.8. The van der Waals surface area contributed by atoms with Crippen molar-refractivity contribution in [3.05, 3.63) is 39.7 Å². The van der Waals surface area contributed by atoms with Gasteiger partial charge in [0, 0.05) is 5.56 Å². The van der Waals surface area contributed by atoms with Gasteiger partial charge in [-0.05, 0) is 23.8 Å². The third-order valence-electron chi connectivity index (χ3n) is 3.35. The monoisotopic (exact) mass is 303 g/mol. The Hall–Kier alpha value is -1.68. The van der Waals surface area contributed by atoms with Crippen LogP contribution in [0.25, 0.3) is 11.3 Å². The van der Waals surface area contributed by atoms with E-state index < -0.39 is 5.97 Å². The number of aryl methyl sites for hydroxylation is 1. The van der Waals surface area contributed by atoms with Crippen molar-refractivity contribution in [2.75, 3.05) is 0 Å². The number of aromatic nitrogens is 1. The smallest absolute Gasteiger partial charge is 0.348 e. The van der Waals surface area contributed by atoms with Crippen molar-refractivity contribution < 1.29 is 9.90 Å².